The highest BCUT2D eigenvalue weighted by molar-refractivity contribution is 9.10. The maximum atomic E-state index is 12.4. The molecule has 27 heavy (non-hydrogen) atoms. The van der Waals surface area contributed by atoms with Gasteiger partial charge < -0.3 is 4.74 Å². The second-order valence-electron chi connectivity index (χ2n) is 6.98. The second-order valence-corrected chi connectivity index (χ2v) is 7.90. The van der Waals surface area contributed by atoms with Gasteiger partial charge in [-0.2, -0.15) is 0 Å². The van der Waals surface area contributed by atoms with E-state index in [1.165, 1.54) is 18.2 Å². The molecular weight excluding hydrogens is 408 g/mol. The van der Waals surface area contributed by atoms with Gasteiger partial charge in [-0.3, -0.25) is 14.1 Å². The van der Waals surface area contributed by atoms with E-state index in [1.54, 1.807) is 0 Å². The molecule has 0 radical (unpaired) electrons. The monoisotopic (exact) mass is 428 g/mol. The number of aryl methyl sites for hydroxylation is 2. The number of aromatic nitrogens is 3. The van der Waals surface area contributed by atoms with Gasteiger partial charge in [-0.1, -0.05) is 22.0 Å². The van der Waals surface area contributed by atoms with Crippen LogP contribution >= 0.6 is 15.9 Å². The topological polar surface area (TPSA) is 59.7 Å². The molecule has 0 fully saturated rings. The van der Waals surface area contributed by atoms with Crippen molar-refractivity contribution in [2.24, 2.45) is 0 Å². The van der Waals surface area contributed by atoms with Crippen LogP contribution in [0.2, 0.25) is 0 Å². The number of methoxy groups -OCH3 is 1. The van der Waals surface area contributed by atoms with Gasteiger partial charge in [0.15, 0.2) is 0 Å². The van der Waals surface area contributed by atoms with Crippen LogP contribution in [0.4, 0.5) is 0 Å². The van der Waals surface area contributed by atoms with Crippen LogP contribution < -0.4 is 0 Å². The Morgan fingerprint density at radius 3 is 2.89 bits per heavy atom. The number of carbonyl (C=O) groups is 1. The number of esters is 1. The highest BCUT2D eigenvalue weighted by Crippen LogP contribution is 2.28. The summed E-state index contributed by atoms with van der Waals surface area (Å²) in [5.41, 5.74) is 5.46. The predicted octanol–water partition coefficient (Wildman–Crippen LogP) is 3.21. The summed E-state index contributed by atoms with van der Waals surface area (Å²) in [4.78, 5) is 23.6. The third-order valence-corrected chi connectivity index (χ3v) is 5.59. The number of benzene rings is 1. The molecule has 3 aromatic rings. The molecule has 1 unspecified atom stereocenters. The number of ether oxygens (including phenoxy) is 1. The minimum absolute atomic E-state index is 0.205. The smallest absolute Gasteiger partial charge is 0.323 e. The summed E-state index contributed by atoms with van der Waals surface area (Å²) < 4.78 is 8.18. The molecule has 6 nitrogen and oxygen atoms in total. The zero-order chi connectivity index (χ0) is 19.1. The van der Waals surface area contributed by atoms with E-state index in [4.69, 9.17) is 4.74 Å². The van der Waals surface area contributed by atoms with E-state index in [1.807, 2.05) is 32.2 Å². The third-order valence-electron chi connectivity index (χ3n) is 5.10. The first-order valence-electron chi connectivity index (χ1n) is 8.86. The molecule has 1 atom stereocenters. The largest absolute Gasteiger partial charge is 0.468 e. The minimum Gasteiger partial charge on any atom is -0.468 e. The van der Waals surface area contributed by atoms with Crippen LogP contribution in [-0.4, -0.2) is 38.4 Å². The molecule has 0 saturated carbocycles. The first kappa shape index (κ1) is 18.1. The molecule has 140 valence electrons. The van der Waals surface area contributed by atoms with Gasteiger partial charge in [0.05, 0.1) is 19.0 Å². The Morgan fingerprint density at radius 1 is 1.30 bits per heavy atom. The maximum absolute atomic E-state index is 12.4. The van der Waals surface area contributed by atoms with Crippen LogP contribution in [0.15, 0.2) is 34.9 Å². The molecule has 0 spiro atoms. The third kappa shape index (κ3) is 3.37. The van der Waals surface area contributed by atoms with E-state index < -0.39 is 0 Å². The molecule has 1 aromatic carbocycles. The van der Waals surface area contributed by atoms with Crippen LogP contribution in [0, 0.1) is 13.8 Å². The first-order valence-corrected chi connectivity index (χ1v) is 9.65. The lowest BCUT2D eigenvalue weighted by Crippen LogP contribution is -2.45. The fourth-order valence-electron chi connectivity index (χ4n) is 3.86. The van der Waals surface area contributed by atoms with E-state index in [-0.39, 0.29) is 12.0 Å². The zero-order valence-corrected chi connectivity index (χ0v) is 17.2. The highest BCUT2D eigenvalue weighted by Gasteiger charge is 2.33. The van der Waals surface area contributed by atoms with E-state index in [9.17, 15) is 4.79 Å². The average Bonchev–Trinajstić information content (AvgIpc) is 3.03. The number of nitrogens with zero attached hydrogens (tertiary/aromatic N) is 4. The van der Waals surface area contributed by atoms with E-state index in [0.717, 1.165) is 21.6 Å². The second kappa shape index (κ2) is 7.05. The predicted molar refractivity (Wildman–Crippen MR) is 105 cm³/mol. The highest BCUT2D eigenvalue weighted by atomic mass is 79.9. The van der Waals surface area contributed by atoms with E-state index in [2.05, 4.69) is 47.3 Å². The molecule has 0 amide bonds. The van der Waals surface area contributed by atoms with Gasteiger partial charge in [0.2, 0.25) is 5.78 Å². The van der Waals surface area contributed by atoms with Crippen molar-refractivity contribution in [3.63, 3.8) is 0 Å². The molecule has 1 aliphatic rings. The van der Waals surface area contributed by atoms with Gasteiger partial charge in [0.1, 0.15) is 6.04 Å². The Balaban J connectivity index is 1.71. The Bertz CT molecular complexity index is 1030. The Kier molecular flexibility index (Phi) is 4.74. The van der Waals surface area contributed by atoms with Crippen LogP contribution in [0.25, 0.3) is 5.78 Å². The summed E-state index contributed by atoms with van der Waals surface area (Å²) in [5.74, 6) is 0.486. The average molecular weight is 429 g/mol. The van der Waals surface area contributed by atoms with Crippen molar-refractivity contribution < 1.29 is 9.53 Å². The van der Waals surface area contributed by atoms with Crippen LogP contribution in [0.3, 0.4) is 0 Å². The fourth-order valence-corrected chi connectivity index (χ4v) is 4.27. The van der Waals surface area contributed by atoms with Crippen molar-refractivity contribution >= 4 is 27.7 Å². The number of hydrogen-bond acceptors (Lipinski definition) is 5. The molecule has 0 aliphatic carbocycles. The van der Waals surface area contributed by atoms with Crippen LogP contribution in [0.5, 0.6) is 0 Å². The van der Waals surface area contributed by atoms with Crippen molar-refractivity contribution in [2.45, 2.75) is 39.4 Å². The fraction of sp³-hybridized carbons (Fsp3) is 0.350. The molecule has 0 saturated heterocycles. The molecule has 0 N–H and O–H groups in total. The molecule has 0 bridgehead atoms. The Labute approximate surface area is 166 Å². The summed E-state index contributed by atoms with van der Waals surface area (Å²) in [7, 11) is 1.45. The van der Waals surface area contributed by atoms with Crippen molar-refractivity contribution in [1.29, 1.82) is 0 Å². The summed E-state index contributed by atoms with van der Waals surface area (Å²) in [6, 6.07) is 7.95. The SMILES string of the molecule is COC(=O)C1Cc2ccc(Br)cc2CN1Cc1cnc2nc(C)cc(C)n12. The molecule has 1 aliphatic heterocycles. The summed E-state index contributed by atoms with van der Waals surface area (Å²) in [6.45, 7) is 5.29. The number of rotatable bonds is 3. The Hall–Kier alpha value is -2.25. The normalized spacial score (nSPS) is 17.1. The van der Waals surface area contributed by atoms with Crippen molar-refractivity contribution in [2.75, 3.05) is 7.11 Å². The van der Waals surface area contributed by atoms with E-state index >= 15 is 0 Å². The number of carbonyl (C=O) groups excluding carboxylic acids is 1. The first-order chi connectivity index (χ1) is 13.0. The number of halogens is 1. The van der Waals surface area contributed by atoms with E-state index in [0.29, 0.717) is 25.3 Å². The van der Waals surface area contributed by atoms with Gasteiger partial charge in [-0.15, -0.1) is 0 Å². The van der Waals surface area contributed by atoms with Crippen LogP contribution in [-0.2, 0) is 29.0 Å². The van der Waals surface area contributed by atoms with Gasteiger partial charge in [0, 0.05) is 29.0 Å². The molecule has 3 heterocycles. The minimum atomic E-state index is -0.312. The lowest BCUT2D eigenvalue weighted by molar-refractivity contribution is -0.148. The van der Waals surface area contributed by atoms with Gasteiger partial charge in [-0.25, -0.2) is 9.97 Å². The summed E-state index contributed by atoms with van der Waals surface area (Å²) in [6.07, 6.45) is 2.49. The molecule has 2 aromatic heterocycles. The number of hydrogen-bond donors (Lipinski definition) is 0. The van der Waals surface area contributed by atoms with Gasteiger partial charge in [0.25, 0.3) is 0 Å². The zero-order valence-electron chi connectivity index (χ0n) is 15.6. The molecule has 4 rings (SSSR count). The number of fused-ring (bicyclic) bond motifs is 2. The lowest BCUT2D eigenvalue weighted by Gasteiger charge is -2.35. The van der Waals surface area contributed by atoms with Gasteiger partial charge >= 0.3 is 5.97 Å². The van der Waals surface area contributed by atoms with Crippen molar-refractivity contribution in [1.82, 2.24) is 19.3 Å². The molecule has 7 heteroatoms. The summed E-state index contributed by atoms with van der Waals surface area (Å²) in [5, 5.41) is 0. The quantitative estimate of drug-likeness (QED) is 0.599. The number of imidazole rings is 1. The van der Waals surface area contributed by atoms with Crippen molar-refractivity contribution in [3.05, 3.63) is 63.1 Å². The van der Waals surface area contributed by atoms with Crippen LogP contribution in [0.1, 0.15) is 28.2 Å². The Morgan fingerprint density at radius 2 is 2.11 bits per heavy atom. The summed E-state index contributed by atoms with van der Waals surface area (Å²) >= 11 is 3.54. The lowest BCUT2D eigenvalue weighted by atomic mass is 9.94. The van der Waals surface area contributed by atoms with Crippen molar-refractivity contribution in [3.8, 4) is 0 Å². The maximum Gasteiger partial charge on any atom is 0.323 e. The molecular formula is C20H21BrN4O2. The standard InChI is InChI=1S/C20H21BrN4O2/c1-12-6-13(2)25-17(9-22-20(25)23-12)11-24-10-15-7-16(21)5-4-14(15)8-18(24)19(26)27-3/h4-7,9,18H,8,10-11H2,1-3H3. The van der Waals surface area contributed by atoms with Gasteiger partial charge in [-0.05, 0) is 49.6 Å².